The lowest BCUT2D eigenvalue weighted by Gasteiger charge is -2.13. The molecule has 1 amide bonds. The summed E-state index contributed by atoms with van der Waals surface area (Å²) in [6, 6.07) is 9.76. The molecule has 0 fully saturated rings. The van der Waals surface area contributed by atoms with Crippen LogP contribution in [-0.2, 0) is 9.47 Å². The first-order valence-corrected chi connectivity index (χ1v) is 6.68. The number of rotatable bonds is 6. The third kappa shape index (κ3) is 3.73. The van der Waals surface area contributed by atoms with Crippen LogP contribution in [0.1, 0.15) is 32.6 Å². The highest BCUT2D eigenvalue weighted by Crippen LogP contribution is 2.16. The van der Waals surface area contributed by atoms with E-state index in [0.717, 1.165) is 0 Å². The van der Waals surface area contributed by atoms with Crippen LogP contribution in [0.4, 0.5) is 0 Å². The van der Waals surface area contributed by atoms with Crippen LogP contribution in [0, 0.1) is 0 Å². The molecule has 0 aliphatic rings. The fourth-order valence-corrected chi connectivity index (χ4v) is 1.94. The highest BCUT2D eigenvalue weighted by molar-refractivity contribution is 5.96. The highest BCUT2D eigenvalue weighted by Gasteiger charge is 2.15. The van der Waals surface area contributed by atoms with Crippen LogP contribution in [0.15, 0.2) is 47.1 Å². The van der Waals surface area contributed by atoms with E-state index in [1.807, 2.05) is 0 Å². The van der Waals surface area contributed by atoms with Gasteiger partial charge in [-0.25, -0.2) is 4.79 Å². The van der Waals surface area contributed by atoms with Gasteiger partial charge in [-0.3, -0.25) is 4.79 Å². The van der Waals surface area contributed by atoms with Crippen LogP contribution in [0.5, 0.6) is 0 Å². The Morgan fingerprint density at radius 3 is 2.36 bits per heavy atom. The number of carbonyl (C=O) groups excluding carboxylic acids is 2. The number of methoxy groups -OCH3 is 2. The molecule has 6 nitrogen and oxygen atoms in total. The smallest absolute Gasteiger partial charge is 0.337 e. The van der Waals surface area contributed by atoms with Crippen LogP contribution >= 0.6 is 0 Å². The number of hydrogen-bond donors (Lipinski definition) is 1. The van der Waals surface area contributed by atoms with Crippen LogP contribution in [0.25, 0.3) is 0 Å². The molecule has 0 radical (unpaired) electrons. The van der Waals surface area contributed by atoms with Gasteiger partial charge in [-0.05, 0) is 36.4 Å². The maximum absolute atomic E-state index is 12.1. The molecular formula is C16H17NO5. The topological polar surface area (TPSA) is 77.8 Å². The Morgan fingerprint density at radius 1 is 1.14 bits per heavy atom. The first kappa shape index (κ1) is 15.8. The molecule has 0 spiro atoms. The summed E-state index contributed by atoms with van der Waals surface area (Å²) in [7, 11) is 2.85. The molecule has 0 aliphatic heterocycles. The molecule has 116 valence electrons. The van der Waals surface area contributed by atoms with Gasteiger partial charge in [-0.1, -0.05) is 0 Å². The van der Waals surface area contributed by atoms with Crippen molar-refractivity contribution in [1.29, 1.82) is 0 Å². The van der Waals surface area contributed by atoms with E-state index in [1.165, 1.54) is 7.11 Å². The summed E-state index contributed by atoms with van der Waals surface area (Å²) in [5.74, 6) is -0.0573. The number of carbonyl (C=O) groups is 2. The molecule has 0 bridgehead atoms. The minimum absolute atomic E-state index is 0.259. The Kier molecular flexibility index (Phi) is 5.32. The third-order valence-corrected chi connectivity index (χ3v) is 3.16. The lowest BCUT2D eigenvalue weighted by molar-refractivity contribution is 0.0600. The van der Waals surface area contributed by atoms with E-state index in [1.54, 1.807) is 49.8 Å². The summed E-state index contributed by atoms with van der Waals surface area (Å²) < 4.78 is 15.1. The summed E-state index contributed by atoms with van der Waals surface area (Å²) in [6.07, 6.45) is 1.20. The van der Waals surface area contributed by atoms with Crippen molar-refractivity contribution in [2.24, 2.45) is 0 Å². The van der Waals surface area contributed by atoms with Crippen molar-refractivity contribution in [2.45, 2.75) is 6.10 Å². The van der Waals surface area contributed by atoms with Crippen molar-refractivity contribution in [1.82, 2.24) is 5.32 Å². The zero-order valence-corrected chi connectivity index (χ0v) is 12.4. The van der Waals surface area contributed by atoms with Gasteiger partial charge in [0.2, 0.25) is 0 Å². The number of ether oxygens (including phenoxy) is 2. The predicted molar refractivity (Wildman–Crippen MR) is 78.6 cm³/mol. The van der Waals surface area contributed by atoms with E-state index in [4.69, 9.17) is 9.15 Å². The van der Waals surface area contributed by atoms with Gasteiger partial charge in [0.15, 0.2) is 0 Å². The van der Waals surface area contributed by atoms with Gasteiger partial charge in [0.1, 0.15) is 11.9 Å². The Morgan fingerprint density at radius 2 is 1.82 bits per heavy atom. The Hall–Kier alpha value is -2.60. The largest absolute Gasteiger partial charge is 0.467 e. The fourth-order valence-electron chi connectivity index (χ4n) is 1.94. The van der Waals surface area contributed by atoms with Gasteiger partial charge >= 0.3 is 5.97 Å². The number of hydrogen-bond acceptors (Lipinski definition) is 5. The van der Waals surface area contributed by atoms with E-state index < -0.39 is 5.97 Å². The SMILES string of the molecule is COC(=O)c1ccc(C(=O)NCC(OC)c2ccco2)cc1. The third-order valence-electron chi connectivity index (χ3n) is 3.16. The molecule has 1 aromatic heterocycles. The minimum Gasteiger partial charge on any atom is -0.467 e. The van der Waals surface area contributed by atoms with Gasteiger partial charge in [0.05, 0.1) is 25.5 Å². The monoisotopic (exact) mass is 303 g/mol. The molecule has 0 aliphatic carbocycles. The maximum Gasteiger partial charge on any atom is 0.337 e. The quantitative estimate of drug-likeness (QED) is 0.828. The normalized spacial score (nSPS) is 11.7. The van der Waals surface area contributed by atoms with Gasteiger partial charge in [0.25, 0.3) is 5.91 Å². The van der Waals surface area contributed by atoms with Crippen LogP contribution in [-0.4, -0.2) is 32.6 Å². The van der Waals surface area contributed by atoms with Crippen molar-refractivity contribution in [2.75, 3.05) is 20.8 Å². The van der Waals surface area contributed by atoms with Gasteiger partial charge < -0.3 is 19.2 Å². The van der Waals surface area contributed by atoms with Crippen LogP contribution < -0.4 is 5.32 Å². The molecule has 1 N–H and O–H groups in total. The van der Waals surface area contributed by atoms with Gasteiger partial charge in [-0.15, -0.1) is 0 Å². The first-order chi connectivity index (χ1) is 10.7. The molecule has 1 heterocycles. The number of furan rings is 1. The lowest BCUT2D eigenvalue weighted by atomic mass is 10.1. The molecule has 2 aromatic rings. The number of amides is 1. The predicted octanol–water partition coefficient (Wildman–Crippen LogP) is 2.18. The second-order valence-electron chi connectivity index (χ2n) is 4.52. The molecule has 1 atom stereocenters. The van der Waals surface area contributed by atoms with Crippen molar-refractivity contribution in [3.8, 4) is 0 Å². The number of esters is 1. The lowest BCUT2D eigenvalue weighted by Crippen LogP contribution is -2.29. The van der Waals surface area contributed by atoms with Crippen molar-refractivity contribution >= 4 is 11.9 Å². The van der Waals surface area contributed by atoms with Crippen LogP contribution in [0.3, 0.4) is 0 Å². The molecule has 0 saturated heterocycles. The summed E-state index contributed by atoms with van der Waals surface area (Å²) in [5.41, 5.74) is 0.839. The molecular weight excluding hydrogens is 286 g/mol. The minimum atomic E-state index is -0.441. The Labute approximate surface area is 128 Å². The highest BCUT2D eigenvalue weighted by atomic mass is 16.5. The van der Waals surface area contributed by atoms with Crippen LogP contribution in [0.2, 0.25) is 0 Å². The maximum atomic E-state index is 12.1. The standard InChI is InChI=1S/C16H17NO5/c1-20-14(13-4-3-9-22-13)10-17-15(18)11-5-7-12(8-6-11)16(19)21-2/h3-9,14H,10H2,1-2H3,(H,17,18). The van der Waals surface area contributed by atoms with Crippen molar-refractivity contribution < 1.29 is 23.5 Å². The average Bonchev–Trinajstić information content (AvgIpc) is 3.09. The van der Waals surface area contributed by atoms with Crippen molar-refractivity contribution in [3.63, 3.8) is 0 Å². The van der Waals surface area contributed by atoms with Crippen molar-refractivity contribution in [3.05, 3.63) is 59.5 Å². The molecule has 1 unspecified atom stereocenters. The Bertz CT molecular complexity index is 618. The first-order valence-electron chi connectivity index (χ1n) is 6.68. The van der Waals surface area contributed by atoms with E-state index in [0.29, 0.717) is 16.9 Å². The number of nitrogens with one attached hydrogen (secondary N) is 1. The second kappa shape index (κ2) is 7.42. The zero-order valence-electron chi connectivity index (χ0n) is 12.4. The molecule has 2 rings (SSSR count). The fraction of sp³-hybridized carbons (Fsp3) is 0.250. The molecule has 22 heavy (non-hydrogen) atoms. The molecule has 1 aromatic carbocycles. The van der Waals surface area contributed by atoms with E-state index >= 15 is 0 Å². The average molecular weight is 303 g/mol. The molecule has 6 heteroatoms. The molecule has 0 saturated carbocycles. The summed E-state index contributed by atoms with van der Waals surface area (Å²) in [5, 5.41) is 2.76. The zero-order chi connectivity index (χ0) is 15.9. The van der Waals surface area contributed by atoms with Gasteiger partial charge in [-0.2, -0.15) is 0 Å². The van der Waals surface area contributed by atoms with Gasteiger partial charge in [0, 0.05) is 12.7 Å². The summed E-state index contributed by atoms with van der Waals surface area (Å²) in [4.78, 5) is 23.4. The Balaban J connectivity index is 1.95. The summed E-state index contributed by atoms with van der Waals surface area (Å²) >= 11 is 0. The summed E-state index contributed by atoms with van der Waals surface area (Å²) in [6.45, 7) is 0.279. The van der Waals surface area contributed by atoms with E-state index in [-0.39, 0.29) is 18.6 Å². The number of benzene rings is 1. The second-order valence-corrected chi connectivity index (χ2v) is 4.52. The van der Waals surface area contributed by atoms with E-state index in [9.17, 15) is 9.59 Å². The van der Waals surface area contributed by atoms with E-state index in [2.05, 4.69) is 10.1 Å².